The van der Waals surface area contributed by atoms with Crippen LogP contribution < -0.4 is 10.1 Å². The third-order valence-corrected chi connectivity index (χ3v) is 3.93. The number of carbonyl (C=O) groups is 2. The summed E-state index contributed by atoms with van der Waals surface area (Å²) in [5.74, 6) is -0.622. The Morgan fingerprint density at radius 3 is 2.67 bits per heavy atom. The van der Waals surface area contributed by atoms with Gasteiger partial charge in [-0.2, -0.15) is 0 Å². The van der Waals surface area contributed by atoms with Crippen molar-refractivity contribution in [3.8, 4) is 5.75 Å². The molecule has 0 saturated carbocycles. The zero-order valence-corrected chi connectivity index (χ0v) is 14.9. The van der Waals surface area contributed by atoms with Crippen LogP contribution in [0, 0.1) is 0 Å². The molecule has 1 atom stereocenters. The number of carboxylic acid groups (broad SMARTS) is 1. The minimum absolute atomic E-state index is 0.0959. The first-order valence-corrected chi connectivity index (χ1v) is 8.19. The van der Waals surface area contributed by atoms with Gasteiger partial charge in [-0.25, -0.2) is 9.59 Å². The molecule has 1 aliphatic rings. The van der Waals surface area contributed by atoms with Gasteiger partial charge in [0.05, 0.1) is 30.2 Å². The maximum Gasteiger partial charge on any atom is 0.408 e. The molecule has 1 aromatic rings. The van der Waals surface area contributed by atoms with Crippen LogP contribution in [0.25, 0.3) is 0 Å². The molecule has 0 radical (unpaired) electrons. The van der Waals surface area contributed by atoms with E-state index in [-0.39, 0.29) is 11.6 Å². The predicted molar refractivity (Wildman–Crippen MR) is 88.5 cm³/mol. The number of fused-ring (bicyclic) bond motifs is 1. The van der Waals surface area contributed by atoms with E-state index >= 15 is 0 Å². The molecule has 1 amide bonds. The van der Waals surface area contributed by atoms with Crippen LogP contribution in [0.15, 0.2) is 17.0 Å². The number of ether oxygens (including phenoxy) is 2. The molecule has 0 spiro atoms. The summed E-state index contributed by atoms with van der Waals surface area (Å²) in [6.07, 6.45) is 0.0408. The number of aromatic carboxylic acids is 1. The lowest BCUT2D eigenvalue weighted by Crippen LogP contribution is -2.36. The summed E-state index contributed by atoms with van der Waals surface area (Å²) in [5, 5.41) is 12.1. The van der Waals surface area contributed by atoms with Crippen molar-refractivity contribution in [1.29, 1.82) is 0 Å². The van der Waals surface area contributed by atoms with Crippen molar-refractivity contribution in [3.63, 3.8) is 0 Å². The Morgan fingerprint density at radius 1 is 1.38 bits per heavy atom. The fourth-order valence-corrected chi connectivity index (χ4v) is 2.93. The molecule has 7 nitrogen and oxygen atoms in total. The molecule has 2 rings (SSSR count). The predicted octanol–water partition coefficient (Wildman–Crippen LogP) is 3.39. The number of hydrogen-bond donors (Lipinski definition) is 2. The lowest BCUT2D eigenvalue weighted by Gasteiger charge is -2.29. The average Bonchev–Trinajstić information content (AvgIpc) is 2.45. The first-order valence-electron chi connectivity index (χ1n) is 7.45. The number of benzene rings is 1. The maximum absolute atomic E-state index is 12.0. The van der Waals surface area contributed by atoms with Crippen LogP contribution in [-0.2, 0) is 8.92 Å². The van der Waals surface area contributed by atoms with Gasteiger partial charge in [0.15, 0.2) is 0 Å². The average molecular weight is 355 g/mol. The number of carboxylic acids is 1. The molecule has 0 saturated heterocycles. The smallest absolute Gasteiger partial charge is 0.408 e. The summed E-state index contributed by atoms with van der Waals surface area (Å²) in [7, 11) is 1.46. The number of alkyl carbamates (subject to hydrolysis) is 1. The summed E-state index contributed by atoms with van der Waals surface area (Å²) in [4.78, 5) is 23.9. The van der Waals surface area contributed by atoms with Crippen molar-refractivity contribution in [2.45, 2.75) is 43.7 Å². The monoisotopic (exact) mass is 355 g/mol. The van der Waals surface area contributed by atoms with E-state index in [1.54, 1.807) is 26.8 Å². The summed E-state index contributed by atoms with van der Waals surface area (Å²) < 4.78 is 15.8. The molecule has 24 heavy (non-hydrogen) atoms. The van der Waals surface area contributed by atoms with Gasteiger partial charge in [-0.1, -0.05) is 0 Å². The molecule has 1 aliphatic heterocycles. The molecule has 1 heterocycles. The number of carbonyl (C=O) groups excluding carboxylic acids is 1. The highest BCUT2D eigenvalue weighted by molar-refractivity contribution is 7.94. The van der Waals surface area contributed by atoms with Crippen LogP contribution in [0.3, 0.4) is 0 Å². The van der Waals surface area contributed by atoms with Crippen LogP contribution in [-0.4, -0.2) is 36.5 Å². The van der Waals surface area contributed by atoms with Crippen LogP contribution in [0.1, 0.15) is 49.2 Å². The summed E-state index contributed by atoms with van der Waals surface area (Å²) in [5.41, 5.74) is 0.206. The van der Waals surface area contributed by atoms with E-state index in [0.29, 0.717) is 29.2 Å². The standard InChI is InChI=1S/C16H21NO6S/c1-16(2,3)23-15(20)17-11-5-6-22-12-7-10(14(18)19)13(24-21-4)8-9(11)12/h7-8,11H,5-6H2,1-4H3,(H,17,20)(H,18,19). The number of amides is 1. The van der Waals surface area contributed by atoms with Crippen molar-refractivity contribution >= 4 is 24.1 Å². The second kappa shape index (κ2) is 7.31. The molecule has 0 fully saturated rings. The summed E-state index contributed by atoms with van der Waals surface area (Å²) in [6.45, 7) is 5.74. The highest BCUT2D eigenvalue weighted by Gasteiger charge is 2.28. The quantitative estimate of drug-likeness (QED) is 0.800. The van der Waals surface area contributed by atoms with E-state index in [2.05, 4.69) is 5.32 Å². The SMILES string of the molecule is COSc1cc2c(cc1C(=O)O)OCCC2NC(=O)OC(C)(C)C. The topological polar surface area (TPSA) is 94.1 Å². The molecule has 132 valence electrons. The van der Waals surface area contributed by atoms with E-state index in [4.69, 9.17) is 13.7 Å². The van der Waals surface area contributed by atoms with E-state index in [0.717, 1.165) is 12.0 Å². The fraction of sp³-hybridized carbons (Fsp3) is 0.500. The van der Waals surface area contributed by atoms with E-state index in [1.807, 2.05) is 0 Å². The van der Waals surface area contributed by atoms with Crippen molar-refractivity contribution in [3.05, 3.63) is 23.3 Å². The molecular formula is C16H21NO6S. The third-order valence-electron chi connectivity index (χ3n) is 3.25. The molecule has 0 aliphatic carbocycles. The minimum Gasteiger partial charge on any atom is -0.493 e. The molecule has 8 heteroatoms. The number of rotatable bonds is 4. The van der Waals surface area contributed by atoms with Gasteiger partial charge in [-0.15, -0.1) is 0 Å². The summed E-state index contributed by atoms with van der Waals surface area (Å²) in [6, 6.07) is 2.82. The van der Waals surface area contributed by atoms with Crippen LogP contribution >= 0.6 is 12.0 Å². The first kappa shape index (κ1) is 18.4. The summed E-state index contributed by atoms with van der Waals surface area (Å²) >= 11 is 0.954. The maximum atomic E-state index is 12.0. The zero-order valence-electron chi connectivity index (χ0n) is 14.0. The van der Waals surface area contributed by atoms with E-state index < -0.39 is 17.7 Å². The second-order valence-electron chi connectivity index (χ2n) is 6.28. The van der Waals surface area contributed by atoms with Gasteiger partial charge in [0.25, 0.3) is 0 Å². The van der Waals surface area contributed by atoms with Gasteiger partial charge in [0.2, 0.25) is 0 Å². The van der Waals surface area contributed by atoms with Crippen molar-refractivity contribution < 1.29 is 28.4 Å². The van der Waals surface area contributed by atoms with Crippen LogP contribution in [0.5, 0.6) is 5.75 Å². The van der Waals surface area contributed by atoms with Crippen LogP contribution in [0.2, 0.25) is 0 Å². The largest absolute Gasteiger partial charge is 0.493 e. The van der Waals surface area contributed by atoms with E-state index in [1.165, 1.54) is 13.2 Å². The van der Waals surface area contributed by atoms with Gasteiger partial charge >= 0.3 is 12.1 Å². The van der Waals surface area contributed by atoms with Gasteiger partial charge in [-0.3, -0.25) is 0 Å². The Bertz CT molecular complexity index is 640. The molecule has 0 aromatic heterocycles. The minimum atomic E-state index is -1.07. The Kier molecular flexibility index (Phi) is 5.61. The normalized spacial score (nSPS) is 16.8. The fourth-order valence-electron chi connectivity index (χ4n) is 2.34. The van der Waals surface area contributed by atoms with Crippen molar-refractivity contribution in [2.75, 3.05) is 13.7 Å². The Balaban J connectivity index is 2.30. The molecule has 1 unspecified atom stereocenters. The Morgan fingerprint density at radius 2 is 2.08 bits per heavy atom. The third kappa shape index (κ3) is 4.55. The lowest BCUT2D eigenvalue weighted by molar-refractivity contribution is 0.0489. The number of hydrogen-bond acceptors (Lipinski definition) is 6. The highest BCUT2D eigenvalue weighted by Crippen LogP contribution is 2.38. The molecule has 2 N–H and O–H groups in total. The first-order chi connectivity index (χ1) is 11.2. The number of nitrogens with one attached hydrogen (secondary N) is 1. The van der Waals surface area contributed by atoms with Gasteiger partial charge < -0.3 is 24.1 Å². The molecule has 0 bridgehead atoms. The van der Waals surface area contributed by atoms with Gasteiger partial charge in [0.1, 0.15) is 11.4 Å². The second-order valence-corrected chi connectivity index (χ2v) is 7.22. The van der Waals surface area contributed by atoms with Crippen LogP contribution in [0.4, 0.5) is 4.79 Å². The van der Waals surface area contributed by atoms with Crippen molar-refractivity contribution in [1.82, 2.24) is 5.32 Å². The molecular weight excluding hydrogens is 334 g/mol. The Hall–Kier alpha value is -1.93. The zero-order chi connectivity index (χ0) is 17.9. The highest BCUT2D eigenvalue weighted by atomic mass is 32.2. The van der Waals surface area contributed by atoms with Crippen molar-refractivity contribution in [2.24, 2.45) is 0 Å². The Labute approximate surface area is 144 Å². The molecule has 1 aromatic carbocycles. The van der Waals surface area contributed by atoms with Gasteiger partial charge in [-0.05, 0) is 32.9 Å². The van der Waals surface area contributed by atoms with E-state index in [9.17, 15) is 14.7 Å². The van der Waals surface area contributed by atoms with Gasteiger partial charge in [0, 0.05) is 24.0 Å². The lowest BCUT2D eigenvalue weighted by atomic mass is 9.99.